The van der Waals surface area contributed by atoms with Gasteiger partial charge in [0.1, 0.15) is 5.69 Å². The predicted molar refractivity (Wildman–Crippen MR) is 68.6 cm³/mol. The molecular weight excluding hydrogens is 240 g/mol. The zero-order valence-corrected chi connectivity index (χ0v) is 10.8. The molecule has 0 aliphatic rings. The minimum Gasteiger partial charge on any atom is -0.335 e. The normalized spacial score (nSPS) is 10.6. The molecule has 0 saturated carbocycles. The third-order valence-electron chi connectivity index (χ3n) is 2.42. The second kappa shape index (κ2) is 6.45. The van der Waals surface area contributed by atoms with Crippen molar-refractivity contribution in [1.82, 2.24) is 9.88 Å². The van der Waals surface area contributed by atoms with Crippen LogP contribution in [0, 0.1) is 0 Å². The molecule has 1 N–H and O–H groups in total. The number of pyridine rings is 1. The molecule has 1 aromatic heterocycles. The number of aromatic amines is 1. The van der Waals surface area contributed by atoms with Crippen molar-refractivity contribution in [2.45, 2.75) is 26.3 Å². The molecular formula is C12H17ClN2O2. The SMILES string of the molecule is CC(C)N(CCCCl)C(=O)c1cccc(=O)[nH]1. The van der Waals surface area contributed by atoms with Gasteiger partial charge in [0, 0.05) is 24.5 Å². The number of aromatic nitrogens is 1. The highest BCUT2D eigenvalue weighted by Crippen LogP contribution is 2.06. The van der Waals surface area contributed by atoms with Crippen LogP contribution in [0.1, 0.15) is 30.8 Å². The summed E-state index contributed by atoms with van der Waals surface area (Å²) in [4.78, 5) is 27.6. The topological polar surface area (TPSA) is 53.2 Å². The molecule has 0 spiro atoms. The van der Waals surface area contributed by atoms with Crippen LogP contribution < -0.4 is 5.56 Å². The van der Waals surface area contributed by atoms with Crippen LogP contribution in [-0.4, -0.2) is 34.3 Å². The molecule has 4 nitrogen and oxygen atoms in total. The number of amides is 1. The third kappa shape index (κ3) is 3.89. The maximum atomic E-state index is 12.2. The number of nitrogens with zero attached hydrogens (tertiary/aromatic N) is 1. The molecule has 0 atom stereocenters. The van der Waals surface area contributed by atoms with Crippen LogP contribution in [0.15, 0.2) is 23.0 Å². The first-order chi connectivity index (χ1) is 8.06. The average molecular weight is 257 g/mol. The van der Waals surface area contributed by atoms with Gasteiger partial charge < -0.3 is 9.88 Å². The molecule has 0 fully saturated rings. The highest BCUT2D eigenvalue weighted by Gasteiger charge is 2.18. The van der Waals surface area contributed by atoms with Gasteiger partial charge in [-0.3, -0.25) is 9.59 Å². The molecule has 0 saturated heterocycles. The van der Waals surface area contributed by atoms with Gasteiger partial charge in [-0.25, -0.2) is 0 Å². The van der Waals surface area contributed by atoms with Crippen LogP contribution in [0.3, 0.4) is 0 Å². The van der Waals surface area contributed by atoms with E-state index in [4.69, 9.17) is 11.6 Å². The van der Waals surface area contributed by atoms with Crippen LogP contribution in [-0.2, 0) is 0 Å². The number of rotatable bonds is 5. The zero-order chi connectivity index (χ0) is 12.8. The Morgan fingerprint density at radius 2 is 2.18 bits per heavy atom. The van der Waals surface area contributed by atoms with Crippen molar-refractivity contribution in [1.29, 1.82) is 0 Å². The summed E-state index contributed by atoms with van der Waals surface area (Å²) in [6.45, 7) is 4.47. The number of H-pyrrole nitrogens is 1. The van der Waals surface area contributed by atoms with Crippen molar-refractivity contribution >= 4 is 17.5 Å². The lowest BCUT2D eigenvalue weighted by atomic mass is 10.2. The summed E-state index contributed by atoms with van der Waals surface area (Å²) >= 11 is 5.63. The van der Waals surface area contributed by atoms with Crippen LogP contribution >= 0.6 is 11.6 Å². The number of nitrogens with one attached hydrogen (secondary N) is 1. The fourth-order valence-electron chi connectivity index (χ4n) is 1.55. The van der Waals surface area contributed by atoms with E-state index in [1.54, 1.807) is 17.0 Å². The van der Waals surface area contributed by atoms with Crippen molar-refractivity contribution in [2.75, 3.05) is 12.4 Å². The molecule has 1 aromatic rings. The minimum atomic E-state index is -0.267. The summed E-state index contributed by atoms with van der Waals surface area (Å²) in [5.74, 6) is 0.352. The molecule has 0 unspecified atom stereocenters. The summed E-state index contributed by atoms with van der Waals surface area (Å²) in [5.41, 5.74) is 0.0534. The van der Waals surface area contributed by atoms with Gasteiger partial charge in [-0.1, -0.05) is 6.07 Å². The quantitative estimate of drug-likeness (QED) is 0.818. The summed E-state index contributed by atoms with van der Waals surface area (Å²) in [5, 5.41) is 0. The third-order valence-corrected chi connectivity index (χ3v) is 2.68. The van der Waals surface area contributed by atoms with Gasteiger partial charge in [-0.2, -0.15) is 0 Å². The van der Waals surface area contributed by atoms with Crippen molar-refractivity contribution in [3.05, 3.63) is 34.2 Å². The molecule has 0 aliphatic heterocycles. The first-order valence-corrected chi connectivity index (χ1v) is 6.16. The van der Waals surface area contributed by atoms with E-state index >= 15 is 0 Å². The predicted octanol–water partition coefficient (Wildman–Crippen LogP) is 1.85. The van der Waals surface area contributed by atoms with Crippen LogP contribution in [0.25, 0.3) is 0 Å². The number of halogens is 1. The smallest absolute Gasteiger partial charge is 0.270 e. The molecule has 17 heavy (non-hydrogen) atoms. The number of carbonyl (C=O) groups is 1. The summed E-state index contributed by atoms with van der Waals surface area (Å²) in [6, 6.07) is 4.65. The second-order valence-corrected chi connectivity index (χ2v) is 4.44. The van der Waals surface area contributed by atoms with E-state index in [0.717, 1.165) is 6.42 Å². The highest BCUT2D eigenvalue weighted by molar-refractivity contribution is 6.17. The molecule has 0 aliphatic carbocycles. The molecule has 0 radical (unpaired) electrons. The first-order valence-electron chi connectivity index (χ1n) is 5.62. The van der Waals surface area contributed by atoms with Gasteiger partial charge in [0.05, 0.1) is 0 Å². The lowest BCUT2D eigenvalue weighted by molar-refractivity contribution is 0.0700. The van der Waals surface area contributed by atoms with Crippen molar-refractivity contribution in [3.8, 4) is 0 Å². The summed E-state index contributed by atoms with van der Waals surface area (Å²) in [7, 11) is 0. The minimum absolute atomic E-state index is 0.0782. The van der Waals surface area contributed by atoms with Gasteiger partial charge in [0.2, 0.25) is 5.56 Å². The Balaban J connectivity index is 2.87. The lowest BCUT2D eigenvalue weighted by Crippen LogP contribution is -2.38. The number of hydrogen-bond donors (Lipinski definition) is 1. The Morgan fingerprint density at radius 3 is 2.71 bits per heavy atom. The van der Waals surface area contributed by atoms with Gasteiger partial charge >= 0.3 is 0 Å². The molecule has 5 heteroatoms. The number of hydrogen-bond acceptors (Lipinski definition) is 2. The Bertz CT molecular complexity index is 429. The molecule has 1 heterocycles. The molecule has 0 aromatic carbocycles. The Morgan fingerprint density at radius 1 is 1.47 bits per heavy atom. The van der Waals surface area contributed by atoms with Crippen molar-refractivity contribution in [3.63, 3.8) is 0 Å². The maximum Gasteiger partial charge on any atom is 0.270 e. The van der Waals surface area contributed by atoms with Crippen LogP contribution in [0.4, 0.5) is 0 Å². The van der Waals surface area contributed by atoms with E-state index in [1.807, 2.05) is 13.8 Å². The highest BCUT2D eigenvalue weighted by atomic mass is 35.5. The Kier molecular flexibility index (Phi) is 5.22. The number of alkyl halides is 1. The Hall–Kier alpha value is -1.29. The second-order valence-electron chi connectivity index (χ2n) is 4.06. The van der Waals surface area contributed by atoms with E-state index in [9.17, 15) is 9.59 Å². The van der Waals surface area contributed by atoms with E-state index < -0.39 is 0 Å². The van der Waals surface area contributed by atoms with Crippen molar-refractivity contribution < 1.29 is 4.79 Å². The lowest BCUT2D eigenvalue weighted by Gasteiger charge is -2.26. The molecule has 1 rings (SSSR count). The van der Waals surface area contributed by atoms with Gasteiger partial charge in [0.15, 0.2) is 0 Å². The van der Waals surface area contributed by atoms with E-state index in [2.05, 4.69) is 4.98 Å². The standard InChI is InChI=1S/C12H17ClN2O2/c1-9(2)15(8-4-7-13)12(17)10-5-3-6-11(16)14-10/h3,5-6,9H,4,7-8H2,1-2H3,(H,14,16). The Labute approximate surface area is 106 Å². The average Bonchev–Trinajstić information content (AvgIpc) is 2.29. The van der Waals surface area contributed by atoms with E-state index in [0.29, 0.717) is 18.1 Å². The van der Waals surface area contributed by atoms with Crippen molar-refractivity contribution in [2.24, 2.45) is 0 Å². The maximum absolute atomic E-state index is 12.2. The van der Waals surface area contributed by atoms with Crippen LogP contribution in [0.5, 0.6) is 0 Å². The largest absolute Gasteiger partial charge is 0.335 e. The number of carbonyl (C=O) groups excluding carboxylic acids is 1. The fraction of sp³-hybridized carbons (Fsp3) is 0.500. The first kappa shape index (κ1) is 13.8. The summed E-state index contributed by atoms with van der Waals surface area (Å²) in [6.07, 6.45) is 0.739. The summed E-state index contributed by atoms with van der Waals surface area (Å²) < 4.78 is 0. The van der Waals surface area contributed by atoms with E-state index in [1.165, 1.54) is 6.07 Å². The van der Waals surface area contributed by atoms with Gasteiger partial charge in [-0.15, -0.1) is 11.6 Å². The molecule has 1 amide bonds. The monoisotopic (exact) mass is 256 g/mol. The van der Waals surface area contributed by atoms with Gasteiger partial charge in [-0.05, 0) is 26.3 Å². The molecule has 0 bridgehead atoms. The van der Waals surface area contributed by atoms with Gasteiger partial charge in [0.25, 0.3) is 5.91 Å². The zero-order valence-electron chi connectivity index (χ0n) is 10.1. The van der Waals surface area contributed by atoms with E-state index in [-0.39, 0.29) is 17.5 Å². The molecule has 94 valence electrons. The van der Waals surface area contributed by atoms with Crippen LogP contribution in [0.2, 0.25) is 0 Å². The fourth-order valence-corrected chi connectivity index (χ4v) is 1.67.